The third-order valence-corrected chi connectivity index (χ3v) is 13.3. The maximum atomic E-state index is 15.8. The molecular formula is C42H42N10O9S2. The summed E-state index contributed by atoms with van der Waals surface area (Å²) in [5, 5.41) is 24.7. The van der Waals surface area contributed by atoms with E-state index < -0.39 is 35.9 Å². The number of nitrogens with one attached hydrogen (secondary N) is 3. The normalized spacial score (nSPS) is 11.7. The Morgan fingerprint density at radius 1 is 0.778 bits per heavy atom. The van der Waals surface area contributed by atoms with Gasteiger partial charge in [0.05, 0.1) is 45.5 Å². The lowest BCUT2D eigenvalue weighted by Gasteiger charge is -2.26. The molecule has 21 heteroatoms. The van der Waals surface area contributed by atoms with Gasteiger partial charge < -0.3 is 24.3 Å². The molecule has 19 nitrogen and oxygen atoms in total. The molecule has 0 atom stereocenters. The highest BCUT2D eigenvalue weighted by Crippen LogP contribution is 2.41. The van der Waals surface area contributed by atoms with Crippen molar-refractivity contribution in [2.24, 2.45) is 0 Å². The van der Waals surface area contributed by atoms with Crippen LogP contribution in [0.4, 0.5) is 10.6 Å². The number of aromatic nitrogens is 7. The van der Waals surface area contributed by atoms with E-state index in [1.807, 2.05) is 0 Å². The number of sulfonamides is 2. The van der Waals surface area contributed by atoms with Crippen LogP contribution in [0.3, 0.4) is 0 Å². The van der Waals surface area contributed by atoms with Gasteiger partial charge in [0, 0.05) is 44.0 Å². The van der Waals surface area contributed by atoms with Gasteiger partial charge in [-0.05, 0) is 82.1 Å². The smallest absolute Gasteiger partial charge is 0.410 e. The fraction of sp³-hybridized carbons (Fsp3) is 0.190. The molecule has 4 aromatic carbocycles. The minimum atomic E-state index is -4.91. The molecule has 1 amide bonds. The number of rotatable bonds is 19. The monoisotopic (exact) mass is 894 g/mol. The summed E-state index contributed by atoms with van der Waals surface area (Å²) in [6, 6.07) is 26.3. The summed E-state index contributed by atoms with van der Waals surface area (Å²) < 4.78 is 80.5. The van der Waals surface area contributed by atoms with Crippen molar-refractivity contribution < 1.29 is 40.9 Å². The number of hydrogen-bond donors (Lipinski definition) is 4. The Morgan fingerprint density at radius 2 is 1.38 bits per heavy atom. The van der Waals surface area contributed by atoms with E-state index in [1.165, 1.54) is 60.1 Å². The molecule has 0 unspecified atom stereocenters. The minimum Gasteiger partial charge on any atom is -0.497 e. The predicted molar refractivity (Wildman–Crippen MR) is 230 cm³/mol. The number of carboxylic acid groups (broad SMARTS) is 1. The van der Waals surface area contributed by atoms with Crippen LogP contribution in [-0.4, -0.2) is 95.4 Å². The number of amides is 1. The molecule has 0 fully saturated rings. The molecule has 0 aliphatic carbocycles. The summed E-state index contributed by atoms with van der Waals surface area (Å²) in [5.74, 6) is 1.51. The predicted octanol–water partition coefficient (Wildman–Crippen LogP) is 5.20. The first kappa shape index (κ1) is 43.9. The molecule has 7 aromatic rings. The number of tetrazole rings is 1. The zero-order chi connectivity index (χ0) is 44.6. The number of methoxy groups -OCH3 is 3. The summed E-state index contributed by atoms with van der Waals surface area (Å²) in [7, 11) is -4.96. The number of H-pyrrole nitrogens is 1. The number of pyridine rings is 1. The second-order valence-electron chi connectivity index (χ2n) is 13.8. The van der Waals surface area contributed by atoms with Crippen LogP contribution in [0.1, 0.15) is 22.4 Å². The Labute approximate surface area is 362 Å². The number of benzene rings is 4. The van der Waals surface area contributed by atoms with Gasteiger partial charge in [-0.25, -0.2) is 36.3 Å². The summed E-state index contributed by atoms with van der Waals surface area (Å²) in [6.07, 6.45) is 3.27. The lowest BCUT2D eigenvalue weighted by molar-refractivity contribution is 0.209. The first-order valence-electron chi connectivity index (χ1n) is 19.1. The van der Waals surface area contributed by atoms with Crippen LogP contribution in [0, 0.1) is 0 Å². The Hall–Kier alpha value is -7.20. The van der Waals surface area contributed by atoms with E-state index in [4.69, 9.17) is 14.2 Å². The van der Waals surface area contributed by atoms with Gasteiger partial charge >= 0.3 is 6.09 Å². The lowest BCUT2D eigenvalue weighted by atomic mass is 10.0. The van der Waals surface area contributed by atoms with Crippen molar-refractivity contribution in [1.29, 1.82) is 0 Å². The van der Waals surface area contributed by atoms with Crippen LogP contribution >= 0.6 is 0 Å². The Kier molecular flexibility index (Phi) is 13.4. The standard InChI is InChI=1S/C42H42N10O9S2/c1-59-33-11-4-28(5-12-33)24-51(25-29-6-13-34(60-2)14-7-29)63(57,58)40-37(62(55,56)46-21-20-32-23-43-27-45-32)18-17-36(31-10-19-38(44-22-31)47-42(53)54)39(40)41-48-50-52(49-41)26-30-8-15-35(61-3)16-9-30/h4-19,22-23,27,46H,20-21,24-26H2,1-3H3,(H,43,45)(H,44,47)(H,53,54). The van der Waals surface area contributed by atoms with E-state index >= 15 is 8.42 Å². The number of ether oxygens (including phenoxy) is 3. The van der Waals surface area contributed by atoms with Gasteiger partial charge in [-0.15, -0.1) is 10.2 Å². The SMILES string of the molecule is COc1ccc(CN(Cc2ccc(OC)cc2)S(=O)(=O)c2c(S(=O)(=O)NCCc3c[nH]cn3)ccc(-c3ccc(NC(=O)O)nc3)c2-c2nnn(Cc3ccc(OC)cc3)n2)cc1. The number of nitrogens with zero attached hydrogens (tertiary/aromatic N) is 7. The van der Waals surface area contributed by atoms with E-state index in [2.05, 4.69) is 40.4 Å². The first-order valence-corrected chi connectivity index (χ1v) is 22.1. The average molecular weight is 895 g/mol. The van der Waals surface area contributed by atoms with Gasteiger partial charge in [0.2, 0.25) is 25.9 Å². The van der Waals surface area contributed by atoms with Gasteiger partial charge in [0.25, 0.3) is 0 Å². The van der Waals surface area contributed by atoms with Gasteiger partial charge in [-0.2, -0.15) is 9.10 Å². The van der Waals surface area contributed by atoms with Crippen LogP contribution in [0.5, 0.6) is 17.2 Å². The van der Waals surface area contributed by atoms with Gasteiger partial charge in [-0.1, -0.05) is 42.5 Å². The molecule has 326 valence electrons. The number of carbonyl (C=O) groups is 1. The van der Waals surface area contributed by atoms with E-state index in [0.29, 0.717) is 34.1 Å². The summed E-state index contributed by atoms with van der Waals surface area (Å²) >= 11 is 0. The molecule has 0 spiro atoms. The van der Waals surface area contributed by atoms with Crippen molar-refractivity contribution in [2.45, 2.75) is 35.8 Å². The number of anilines is 1. The highest BCUT2D eigenvalue weighted by molar-refractivity contribution is 7.92. The topological polar surface area (TPSA) is 246 Å². The van der Waals surface area contributed by atoms with Gasteiger partial charge in [-0.3, -0.25) is 5.32 Å². The first-order chi connectivity index (χ1) is 30.4. The number of hydrogen-bond acceptors (Lipinski definition) is 13. The van der Waals surface area contributed by atoms with Gasteiger partial charge in [0.15, 0.2) is 0 Å². The molecule has 63 heavy (non-hydrogen) atoms. The quantitative estimate of drug-likeness (QED) is 0.0816. The van der Waals surface area contributed by atoms with Crippen molar-refractivity contribution >= 4 is 32.0 Å². The molecule has 4 N–H and O–H groups in total. The Bertz CT molecular complexity index is 2830. The van der Waals surface area contributed by atoms with Crippen molar-refractivity contribution in [3.05, 3.63) is 138 Å². The van der Waals surface area contributed by atoms with Gasteiger partial charge in [0.1, 0.15) is 32.9 Å². The number of aromatic amines is 1. The molecule has 0 bridgehead atoms. The molecule has 0 aliphatic rings. The molecule has 7 rings (SSSR count). The fourth-order valence-corrected chi connectivity index (χ4v) is 10.0. The highest BCUT2D eigenvalue weighted by atomic mass is 32.2. The molecule has 0 saturated carbocycles. The second-order valence-corrected chi connectivity index (χ2v) is 17.5. The van der Waals surface area contributed by atoms with Crippen molar-refractivity contribution in [2.75, 3.05) is 33.2 Å². The third kappa shape index (κ3) is 10.5. The highest BCUT2D eigenvalue weighted by Gasteiger charge is 2.38. The Balaban J connectivity index is 1.45. The van der Waals surface area contributed by atoms with Crippen molar-refractivity contribution in [1.82, 2.24) is 44.2 Å². The maximum absolute atomic E-state index is 15.8. The largest absolute Gasteiger partial charge is 0.497 e. The van der Waals surface area contributed by atoms with E-state index in [-0.39, 0.29) is 60.9 Å². The van der Waals surface area contributed by atoms with Crippen LogP contribution in [0.15, 0.2) is 126 Å². The zero-order valence-electron chi connectivity index (χ0n) is 34.2. The maximum Gasteiger partial charge on any atom is 0.410 e. The van der Waals surface area contributed by atoms with E-state index in [1.54, 1.807) is 86.1 Å². The second kappa shape index (κ2) is 19.2. The molecule has 3 aromatic heterocycles. The summed E-state index contributed by atoms with van der Waals surface area (Å²) in [4.78, 5) is 22.7. The van der Waals surface area contributed by atoms with Crippen LogP contribution in [0.2, 0.25) is 0 Å². The zero-order valence-corrected chi connectivity index (χ0v) is 35.8. The molecule has 0 radical (unpaired) electrons. The third-order valence-electron chi connectivity index (χ3n) is 9.74. The van der Waals surface area contributed by atoms with E-state index in [0.717, 1.165) is 5.56 Å². The van der Waals surface area contributed by atoms with Crippen LogP contribution in [0.25, 0.3) is 22.5 Å². The van der Waals surface area contributed by atoms with E-state index in [9.17, 15) is 18.3 Å². The van der Waals surface area contributed by atoms with Crippen molar-refractivity contribution in [3.63, 3.8) is 0 Å². The van der Waals surface area contributed by atoms with Crippen LogP contribution in [-0.2, 0) is 46.1 Å². The summed E-state index contributed by atoms with van der Waals surface area (Å²) in [6.45, 7) is -0.422. The molecular weight excluding hydrogens is 853 g/mol. The van der Waals surface area contributed by atoms with Crippen molar-refractivity contribution in [3.8, 4) is 39.8 Å². The average Bonchev–Trinajstić information content (AvgIpc) is 3.99. The lowest BCUT2D eigenvalue weighted by Crippen LogP contribution is -2.34. The Morgan fingerprint density at radius 3 is 1.90 bits per heavy atom. The fourth-order valence-electron chi connectivity index (χ4n) is 6.58. The molecule has 3 heterocycles. The summed E-state index contributed by atoms with van der Waals surface area (Å²) in [5.41, 5.74) is 2.75. The molecule has 0 saturated heterocycles. The number of imidazole rings is 1. The minimum absolute atomic E-state index is 0.00493. The molecule has 0 aliphatic heterocycles. The van der Waals surface area contributed by atoms with Crippen LogP contribution < -0.4 is 24.2 Å².